The van der Waals surface area contributed by atoms with E-state index in [1.165, 1.54) is 18.4 Å². The summed E-state index contributed by atoms with van der Waals surface area (Å²) in [7, 11) is 0. The van der Waals surface area contributed by atoms with E-state index in [2.05, 4.69) is 36.5 Å². The first-order valence-corrected chi connectivity index (χ1v) is 7.17. The summed E-state index contributed by atoms with van der Waals surface area (Å²) in [5.74, 6) is 2.41. The monoisotopic (exact) mass is 252 g/mol. The summed E-state index contributed by atoms with van der Waals surface area (Å²) in [5.41, 5.74) is 1.94. The molecule has 3 rings (SSSR count). The number of nitrogens with one attached hydrogen (secondary N) is 1. The quantitative estimate of drug-likeness (QED) is 0.835. The minimum atomic E-state index is 0.547. The van der Waals surface area contributed by atoms with E-state index in [-0.39, 0.29) is 0 Å². The summed E-state index contributed by atoms with van der Waals surface area (Å²) in [5, 5.41) is 12.5. The summed E-state index contributed by atoms with van der Waals surface area (Å²) < 4.78 is 0. The highest BCUT2D eigenvalue weighted by atomic mass is 14.9. The third kappa shape index (κ3) is 2.57. The topological polar surface area (TPSA) is 35.8 Å². The van der Waals surface area contributed by atoms with Crippen LogP contribution in [-0.2, 0) is 6.54 Å². The number of allylic oxidation sites excluding steroid dienone is 2. The second-order valence-corrected chi connectivity index (χ2v) is 5.93. The highest BCUT2D eigenvalue weighted by Crippen LogP contribution is 2.44. The van der Waals surface area contributed by atoms with Crippen molar-refractivity contribution in [3.05, 3.63) is 47.5 Å². The molecule has 0 amide bonds. The van der Waals surface area contributed by atoms with Crippen LogP contribution in [0.3, 0.4) is 0 Å². The van der Waals surface area contributed by atoms with Crippen molar-refractivity contribution in [1.29, 1.82) is 5.26 Å². The minimum Gasteiger partial charge on any atom is -0.310 e. The number of nitriles is 1. The van der Waals surface area contributed by atoms with E-state index < -0.39 is 0 Å². The van der Waals surface area contributed by atoms with Crippen LogP contribution >= 0.6 is 0 Å². The van der Waals surface area contributed by atoms with Gasteiger partial charge >= 0.3 is 0 Å². The van der Waals surface area contributed by atoms with Crippen molar-refractivity contribution in [3.8, 4) is 6.07 Å². The molecule has 1 aromatic rings. The molecule has 19 heavy (non-hydrogen) atoms. The summed E-state index contributed by atoms with van der Waals surface area (Å²) in [6, 6.07) is 10.6. The van der Waals surface area contributed by atoms with E-state index in [4.69, 9.17) is 5.26 Å². The molecule has 0 aliphatic heterocycles. The Morgan fingerprint density at radius 2 is 2.26 bits per heavy atom. The maximum absolute atomic E-state index is 8.91. The van der Waals surface area contributed by atoms with Gasteiger partial charge in [0.15, 0.2) is 0 Å². The van der Waals surface area contributed by atoms with Gasteiger partial charge in [0.2, 0.25) is 0 Å². The normalized spacial score (nSPS) is 29.4. The number of nitrogens with zero attached hydrogens (tertiary/aromatic N) is 1. The minimum absolute atomic E-state index is 0.547. The molecule has 0 saturated heterocycles. The van der Waals surface area contributed by atoms with Crippen molar-refractivity contribution in [3.63, 3.8) is 0 Å². The van der Waals surface area contributed by atoms with E-state index in [0.29, 0.717) is 6.04 Å². The van der Waals surface area contributed by atoms with Gasteiger partial charge in [-0.1, -0.05) is 24.3 Å². The number of fused-ring (bicyclic) bond motifs is 2. The SMILES string of the molecule is CC(NCc1cccc(C#N)c1)C1CC2C=CC1C2. The third-order valence-electron chi connectivity index (χ3n) is 4.66. The Kier molecular flexibility index (Phi) is 3.40. The van der Waals surface area contributed by atoms with Gasteiger partial charge in [-0.3, -0.25) is 0 Å². The molecule has 98 valence electrons. The van der Waals surface area contributed by atoms with Gasteiger partial charge in [0.05, 0.1) is 11.6 Å². The van der Waals surface area contributed by atoms with Crippen LogP contribution in [0, 0.1) is 29.1 Å². The summed E-state index contributed by atoms with van der Waals surface area (Å²) in [4.78, 5) is 0. The van der Waals surface area contributed by atoms with Gasteiger partial charge in [-0.15, -0.1) is 0 Å². The van der Waals surface area contributed by atoms with Crippen LogP contribution in [0.2, 0.25) is 0 Å². The zero-order chi connectivity index (χ0) is 13.2. The standard InChI is InChI=1S/C17H20N2/c1-12(17-9-13-5-6-16(17)8-13)19-11-15-4-2-3-14(7-15)10-18/h2-7,12-13,16-17,19H,8-9,11H2,1H3. The largest absolute Gasteiger partial charge is 0.310 e. The Hall–Kier alpha value is -1.59. The summed E-state index contributed by atoms with van der Waals surface area (Å²) >= 11 is 0. The first kappa shape index (κ1) is 12.4. The lowest BCUT2D eigenvalue weighted by Crippen LogP contribution is -2.35. The Balaban J connectivity index is 1.57. The molecule has 0 radical (unpaired) electrons. The van der Waals surface area contributed by atoms with Gasteiger partial charge in [-0.25, -0.2) is 0 Å². The molecule has 1 fully saturated rings. The predicted molar refractivity (Wildman–Crippen MR) is 76.3 cm³/mol. The van der Waals surface area contributed by atoms with Gasteiger partial charge in [-0.05, 0) is 55.2 Å². The van der Waals surface area contributed by atoms with Gasteiger partial charge < -0.3 is 5.32 Å². The molecule has 4 unspecified atom stereocenters. The molecule has 2 nitrogen and oxygen atoms in total. The molecule has 2 heteroatoms. The molecule has 4 atom stereocenters. The van der Waals surface area contributed by atoms with E-state index >= 15 is 0 Å². The van der Waals surface area contributed by atoms with Crippen LogP contribution in [0.1, 0.15) is 30.9 Å². The first-order valence-electron chi connectivity index (χ1n) is 7.17. The van der Waals surface area contributed by atoms with E-state index in [1.807, 2.05) is 18.2 Å². The summed E-state index contributed by atoms with van der Waals surface area (Å²) in [6.45, 7) is 3.15. The average Bonchev–Trinajstić information content (AvgIpc) is 3.07. The van der Waals surface area contributed by atoms with Crippen LogP contribution in [0.15, 0.2) is 36.4 Å². The number of hydrogen-bond acceptors (Lipinski definition) is 2. The molecule has 0 spiro atoms. The fourth-order valence-corrected chi connectivity index (χ4v) is 3.58. The van der Waals surface area contributed by atoms with Gasteiger partial charge in [0.25, 0.3) is 0 Å². The molecular formula is C17H20N2. The average molecular weight is 252 g/mol. The van der Waals surface area contributed by atoms with E-state index in [0.717, 1.165) is 29.9 Å². The molecular weight excluding hydrogens is 232 g/mol. The Morgan fingerprint density at radius 1 is 1.37 bits per heavy atom. The maximum atomic E-state index is 8.91. The molecule has 1 saturated carbocycles. The molecule has 0 aromatic heterocycles. The van der Waals surface area contributed by atoms with Crippen molar-refractivity contribution >= 4 is 0 Å². The zero-order valence-corrected chi connectivity index (χ0v) is 11.3. The van der Waals surface area contributed by atoms with E-state index in [1.54, 1.807) is 0 Å². The highest BCUT2D eigenvalue weighted by Gasteiger charge is 2.38. The van der Waals surface area contributed by atoms with Crippen LogP contribution in [-0.4, -0.2) is 6.04 Å². The van der Waals surface area contributed by atoms with Gasteiger partial charge in [0.1, 0.15) is 0 Å². The van der Waals surface area contributed by atoms with Crippen molar-refractivity contribution in [2.45, 2.75) is 32.4 Å². The lowest BCUT2D eigenvalue weighted by atomic mass is 9.87. The smallest absolute Gasteiger partial charge is 0.0991 e. The summed E-state index contributed by atoms with van der Waals surface area (Å²) in [6.07, 6.45) is 7.51. The lowest BCUT2D eigenvalue weighted by Gasteiger charge is -2.26. The zero-order valence-electron chi connectivity index (χ0n) is 11.3. The van der Waals surface area contributed by atoms with Crippen LogP contribution in [0.25, 0.3) is 0 Å². The van der Waals surface area contributed by atoms with Crippen LogP contribution in [0.4, 0.5) is 0 Å². The number of benzene rings is 1. The van der Waals surface area contributed by atoms with Crippen molar-refractivity contribution in [1.82, 2.24) is 5.32 Å². The molecule has 0 heterocycles. The van der Waals surface area contributed by atoms with Crippen LogP contribution < -0.4 is 5.32 Å². The number of rotatable bonds is 4. The highest BCUT2D eigenvalue weighted by molar-refractivity contribution is 5.32. The molecule has 1 N–H and O–H groups in total. The predicted octanol–water partition coefficient (Wildman–Crippen LogP) is 3.25. The third-order valence-corrected chi connectivity index (χ3v) is 4.66. The van der Waals surface area contributed by atoms with Gasteiger partial charge in [0, 0.05) is 12.6 Å². The molecule has 2 aliphatic carbocycles. The Morgan fingerprint density at radius 3 is 2.95 bits per heavy atom. The lowest BCUT2D eigenvalue weighted by molar-refractivity contribution is 0.326. The molecule has 2 bridgehead atoms. The Labute approximate surface area is 115 Å². The fraction of sp³-hybridized carbons (Fsp3) is 0.471. The van der Waals surface area contributed by atoms with Crippen molar-refractivity contribution in [2.75, 3.05) is 0 Å². The maximum Gasteiger partial charge on any atom is 0.0991 e. The Bertz CT molecular complexity index is 526. The van der Waals surface area contributed by atoms with Crippen molar-refractivity contribution < 1.29 is 0 Å². The number of hydrogen-bond donors (Lipinski definition) is 1. The second-order valence-electron chi connectivity index (χ2n) is 5.93. The first-order chi connectivity index (χ1) is 9.26. The second kappa shape index (κ2) is 5.19. The molecule has 2 aliphatic rings. The fourth-order valence-electron chi connectivity index (χ4n) is 3.58. The van der Waals surface area contributed by atoms with Gasteiger partial charge in [-0.2, -0.15) is 5.26 Å². The molecule has 1 aromatic carbocycles. The van der Waals surface area contributed by atoms with Crippen LogP contribution in [0.5, 0.6) is 0 Å². The van der Waals surface area contributed by atoms with Crippen molar-refractivity contribution in [2.24, 2.45) is 17.8 Å². The van der Waals surface area contributed by atoms with E-state index in [9.17, 15) is 0 Å².